The number of carboxylic acids is 1. The van der Waals surface area contributed by atoms with Crippen molar-refractivity contribution in [1.82, 2.24) is 10.2 Å². The van der Waals surface area contributed by atoms with Crippen molar-refractivity contribution in [2.45, 2.75) is 26.4 Å². The van der Waals surface area contributed by atoms with Gasteiger partial charge in [0.15, 0.2) is 0 Å². The van der Waals surface area contributed by atoms with Crippen molar-refractivity contribution in [3.05, 3.63) is 34.9 Å². The van der Waals surface area contributed by atoms with E-state index >= 15 is 0 Å². The Morgan fingerprint density at radius 1 is 1.30 bits per heavy atom. The summed E-state index contributed by atoms with van der Waals surface area (Å²) in [4.78, 5) is 24.4. The molecule has 1 aromatic carbocycles. The second-order valence-corrected chi connectivity index (χ2v) is 5.43. The minimum Gasteiger partial charge on any atom is -0.480 e. The zero-order valence-electron chi connectivity index (χ0n) is 11.8. The Labute approximate surface area is 123 Å². The van der Waals surface area contributed by atoms with Crippen LogP contribution in [0.25, 0.3) is 0 Å². The molecule has 1 rings (SSSR count). The Hall–Kier alpha value is -1.75. The predicted octanol–water partition coefficient (Wildman–Crippen LogP) is 2.59. The lowest BCUT2D eigenvalue weighted by Gasteiger charge is -2.23. The number of urea groups is 1. The van der Waals surface area contributed by atoms with Crippen LogP contribution in [0.2, 0.25) is 5.02 Å². The minimum absolute atomic E-state index is 0.180. The molecule has 0 aromatic heterocycles. The first-order chi connectivity index (χ1) is 9.31. The molecule has 0 saturated heterocycles. The van der Waals surface area contributed by atoms with Crippen LogP contribution in [0.15, 0.2) is 24.3 Å². The van der Waals surface area contributed by atoms with Crippen molar-refractivity contribution in [3.63, 3.8) is 0 Å². The van der Waals surface area contributed by atoms with E-state index in [9.17, 15) is 9.59 Å². The topological polar surface area (TPSA) is 69.6 Å². The maximum Gasteiger partial charge on any atom is 0.326 e. The fourth-order valence-electron chi connectivity index (χ4n) is 1.69. The van der Waals surface area contributed by atoms with Crippen LogP contribution in [0.3, 0.4) is 0 Å². The van der Waals surface area contributed by atoms with Gasteiger partial charge in [0, 0.05) is 18.6 Å². The number of halogens is 1. The van der Waals surface area contributed by atoms with Crippen molar-refractivity contribution < 1.29 is 14.7 Å². The normalized spacial score (nSPS) is 12.1. The highest BCUT2D eigenvalue weighted by Gasteiger charge is 2.24. The third-order valence-corrected chi connectivity index (χ3v) is 3.14. The number of aliphatic carboxylic acids is 1. The molecule has 0 aliphatic heterocycles. The Morgan fingerprint density at radius 2 is 1.85 bits per heavy atom. The van der Waals surface area contributed by atoms with Gasteiger partial charge in [-0.3, -0.25) is 0 Å². The fourth-order valence-corrected chi connectivity index (χ4v) is 1.82. The molecule has 0 fully saturated rings. The highest BCUT2D eigenvalue weighted by atomic mass is 35.5. The van der Waals surface area contributed by atoms with Gasteiger partial charge in [0.25, 0.3) is 0 Å². The number of benzene rings is 1. The summed E-state index contributed by atoms with van der Waals surface area (Å²) in [6.45, 7) is 3.88. The van der Waals surface area contributed by atoms with Gasteiger partial charge in [-0.1, -0.05) is 37.6 Å². The highest BCUT2D eigenvalue weighted by Crippen LogP contribution is 2.11. The second-order valence-electron chi connectivity index (χ2n) is 4.99. The van der Waals surface area contributed by atoms with Crippen LogP contribution < -0.4 is 5.32 Å². The molecule has 0 radical (unpaired) electrons. The maximum absolute atomic E-state index is 12.0. The number of nitrogens with one attached hydrogen (secondary N) is 1. The van der Waals surface area contributed by atoms with E-state index in [4.69, 9.17) is 16.7 Å². The van der Waals surface area contributed by atoms with Gasteiger partial charge in [-0.15, -0.1) is 0 Å². The van der Waals surface area contributed by atoms with E-state index in [0.717, 1.165) is 5.56 Å². The number of amides is 2. The third kappa shape index (κ3) is 4.74. The first-order valence-corrected chi connectivity index (χ1v) is 6.68. The van der Waals surface area contributed by atoms with Crippen LogP contribution in [0.4, 0.5) is 4.79 Å². The fraction of sp³-hybridized carbons (Fsp3) is 0.429. The number of hydrogen-bond acceptors (Lipinski definition) is 2. The Bertz CT molecular complexity index is 474. The monoisotopic (exact) mass is 298 g/mol. The van der Waals surface area contributed by atoms with Crippen LogP contribution in [0, 0.1) is 5.92 Å². The van der Waals surface area contributed by atoms with Gasteiger partial charge in [-0.05, 0) is 23.6 Å². The molecular formula is C14H19ClN2O3. The molecule has 110 valence electrons. The molecule has 5 nitrogen and oxygen atoms in total. The van der Waals surface area contributed by atoms with Gasteiger partial charge in [0.2, 0.25) is 0 Å². The predicted molar refractivity (Wildman–Crippen MR) is 77.7 cm³/mol. The van der Waals surface area contributed by atoms with Crippen LogP contribution in [-0.2, 0) is 11.3 Å². The summed E-state index contributed by atoms with van der Waals surface area (Å²) in [5, 5.41) is 12.2. The van der Waals surface area contributed by atoms with Gasteiger partial charge in [0.05, 0.1) is 0 Å². The first-order valence-electron chi connectivity index (χ1n) is 6.30. The molecule has 0 unspecified atom stereocenters. The number of carbonyl (C=O) groups excluding carboxylic acids is 1. The third-order valence-electron chi connectivity index (χ3n) is 2.89. The van der Waals surface area contributed by atoms with Crippen molar-refractivity contribution in [2.24, 2.45) is 5.92 Å². The molecule has 0 aliphatic carbocycles. The molecule has 6 heteroatoms. The van der Waals surface area contributed by atoms with E-state index < -0.39 is 18.0 Å². The summed E-state index contributed by atoms with van der Waals surface area (Å²) in [5.41, 5.74) is 0.920. The molecule has 0 aliphatic rings. The maximum atomic E-state index is 12.0. The lowest BCUT2D eigenvalue weighted by molar-refractivity contribution is -0.140. The molecule has 20 heavy (non-hydrogen) atoms. The van der Waals surface area contributed by atoms with E-state index in [1.54, 1.807) is 33.0 Å². The number of nitrogens with zero attached hydrogens (tertiary/aromatic N) is 1. The lowest BCUT2D eigenvalue weighted by atomic mass is 10.1. The largest absolute Gasteiger partial charge is 0.480 e. The average molecular weight is 299 g/mol. The zero-order chi connectivity index (χ0) is 15.3. The van der Waals surface area contributed by atoms with Crippen molar-refractivity contribution in [2.75, 3.05) is 7.05 Å². The summed E-state index contributed by atoms with van der Waals surface area (Å²) in [6, 6.07) is 5.83. The molecule has 0 saturated carbocycles. The van der Waals surface area contributed by atoms with E-state index in [1.807, 2.05) is 12.1 Å². The Morgan fingerprint density at radius 3 is 2.30 bits per heavy atom. The Kier molecular flexibility index (Phi) is 5.82. The number of rotatable bonds is 5. The van der Waals surface area contributed by atoms with Gasteiger partial charge >= 0.3 is 12.0 Å². The van der Waals surface area contributed by atoms with Gasteiger partial charge < -0.3 is 15.3 Å². The molecule has 1 aromatic rings. The molecule has 0 bridgehead atoms. The molecule has 0 spiro atoms. The van der Waals surface area contributed by atoms with Crippen molar-refractivity contribution in [1.29, 1.82) is 0 Å². The SMILES string of the molecule is CC(C)[C@H](NC(=O)N(C)Cc1ccc(Cl)cc1)C(=O)O. The molecule has 1 atom stereocenters. The van der Waals surface area contributed by atoms with E-state index in [2.05, 4.69) is 5.32 Å². The van der Waals surface area contributed by atoms with Crippen molar-refractivity contribution >= 4 is 23.6 Å². The van der Waals surface area contributed by atoms with Crippen LogP contribution >= 0.6 is 11.6 Å². The van der Waals surface area contributed by atoms with Gasteiger partial charge in [-0.2, -0.15) is 0 Å². The number of carbonyl (C=O) groups is 2. The molecule has 2 N–H and O–H groups in total. The quantitative estimate of drug-likeness (QED) is 0.878. The smallest absolute Gasteiger partial charge is 0.326 e. The van der Waals surface area contributed by atoms with E-state index in [-0.39, 0.29) is 5.92 Å². The summed E-state index contributed by atoms with van der Waals surface area (Å²) < 4.78 is 0. The average Bonchev–Trinajstić information content (AvgIpc) is 2.37. The summed E-state index contributed by atoms with van der Waals surface area (Å²) in [6.07, 6.45) is 0. The van der Waals surface area contributed by atoms with E-state index in [0.29, 0.717) is 11.6 Å². The Balaban J connectivity index is 2.62. The summed E-state index contributed by atoms with van der Waals surface area (Å²) >= 11 is 5.79. The van der Waals surface area contributed by atoms with Crippen LogP contribution in [-0.4, -0.2) is 35.1 Å². The molecular weight excluding hydrogens is 280 g/mol. The summed E-state index contributed by atoms with van der Waals surface area (Å²) in [5.74, 6) is -1.21. The molecule has 0 heterocycles. The minimum atomic E-state index is -1.03. The van der Waals surface area contributed by atoms with Crippen LogP contribution in [0.1, 0.15) is 19.4 Å². The lowest BCUT2D eigenvalue weighted by Crippen LogP contribution is -2.48. The standard InChI is InChI=1S/C14H19ClN2O3/c1-9(2)12(13(18)19)16-14(20)17(3)8-10-4-6-11(15)7-5-10/h4-7,9,12H,8H2,1-3H3,(H,16,20)(H,18,19)/t12-/m0/s1. The number of carboxylic acid groups (broad SMARTS) is 1. The first kappa shape index (κ1) is 16.3. The highest BCUT2D eigenvalue weighted by molar-refractivity contribution is 6.30. The second kappa shape index (κ2) is 7.14. The zero-order valence-corrected chi connectivity index (χ0v) is 12.5. The van der Waals surface area contributed by atoms with Gasteiger partial charge in [-0.25, -0.2) is 9.59 Å². The number of hydrogen-bond donors (Lipinski definition) is 2. The van der Waals surface area contributed by atoms with E-state index in [1.165, 1.54) is 4.90 Å². The van der Waals surface area contributed by atoms with Crippen LogP contribution in [0.5, 0.6) is 0 Å². The van der Waals surface area contributed by atoms with Crippen molar-refractivity contribution in [3.8, 4) is 0 Å². The summed E-state index contributed by atoms with van der Waals surface area (Å²) in [7, 11) is 1.61. The molecule has 2 amide bonds. The van der Waals surface area contributed by atoms with Gasteiger partial charge in [0.1, 0.15) is 6.04 Å².